The topological polar surface area (TPSA) is 78.0 Å². The fourth-order valence-corrected chi connectivity index (χ4v) is 1.69. The first-order chi connectivity index (χ1) is 7.88. The smallest absolute Gasteiger partial charge is 0.237 e. The Bertz CT molecular complexity index is 667. The molecule has 0 saturated heterocycles. The molecule has 0 amide bonds. The predicted molar refractivity (Wildman–Crippen MR) is 54.9 cm³/mol. The number of hydrogen-bond acceptors (Lipinski definition) is 3. The van der Waals surface area contributed by atoms with E-state index in [4.69, 9.17) is 5.14 Å². The van der Waals surface area contributed by atoms with E-state index in [0.29, 0.717) is 6.07 Å². The Kier molecular flexibility index (Phi) is 2.68. The lowest BCUT2D eigenvalue weighted by Gasteiger charge is -2.02. The van der Waals surface area contributed by atoms with E-state index in [-0.39, 0.29) is 10.6 Å². The number of halogens is 2. The van der Waals surface area contributed by atoms with Crippen molar-refractivity contribution < 1.29 is 17.2 Å². The Hall–Kier alpha value is -1.80. The molecule has 0 spiro atoms. The molecule has 0 unspecified atom stereocenters. The molecule has 1 heterocycles. The molecule has 2 rings (SSSR count). The van der Waals surface area contributed by atoms with Gasteiger partial charge in [0.15, 0.2) is 5.82 Å². The maximum absolute atomic E-state index is 13.4. The molecule has 1 aromatic heterocycles. The van der Waals surface area contributed by atoms with E-state index in [1.165, 1.54) is 0 Å². The maximum Gasteiger partial charge on any atom is 0.241 e. The second-order valence-corrected chi connectivity index (χ2v) is 4.82. The summed E-state index contributed by atoms with van der Waals surface area (Å²) in [4.78, 5) is -0.249. The molecule has 17 heavy (non-hydrogen) atoms. The molecular weight excluding hydrogens is 252 g/mol. The molecule has 0 fully saturated rings. The highest BCUT2D eigenvalue weighted by Crippen LogP contribution is 2.15. The molecule has 0 radical (unpaired) electrons. The lowest BCUT2D eigenvalue weighted by atomic mass is 10.3. The Labute approximate surface area is 95.5 Å². The van der Waals surface area contributed by atoms with E-state index in [1.807, 2.05) is 0 Å². The zero-order chi connectivity index (χ0) is 12.6. The van der Waals surface area contributed by atoms with Crippen molar-refractivity contribution in [2.45, 2.75) is 4.90 Å². The van der Waals surface area contributed by atoms with Gasteiger partial charge in [0.05, 0.1) is 12.4 Å². The summed E-state index contributed by atoms with van der Waals surface area (Å²) in [5, 5.41) is 8.51. The second-order valence-electron chi connectivity index (χ2n) is 3.26. The Balaban J connectivity index is 2.51. The number of nitrogens with two attached hydrogens (primary N) is 1. The molecule has 0 aliphatic rings. The third kappa shape index (κ3) is 2.32. The fourth-order valence-electron chi connectivity index (χ4n) is 1.25. The maximum atomic E-state index is 13.4. The van der Waals surface area contributed by atoms with Crippen molar-refractivity contribution in [1.82, 2.24) is 9.78 Å². The van der Waals surface area contributed by atoms with Crippen molar-refractivity contribution in [2.24, 2.45) is 5.14 Å². The lowest BCUT2D eigenvalue weighted by molar-refractivity contribution is 0.573. The number of hydrogen-bond donors (Lipinski definition) is 1. The van der Waals surface area contributed by atoms with E-state index in [1.54, 1.807) is 0 Å². The molecule has 1 aromatic carbocycles. The van der Waals surface area contributed by atoms with Gasteiger partial charge in [0, 0.05) is 6.07 Å². The van der Waals surface area contributed by atoms with Gasteiger partial charge in [-0.3, -0.25) is 0 Å². The SMILES string of the molecule is NS(=O)(=O)c1cnn(-c2ccc(F)cc2F)c1. The second kappa shape index (κ2) is 3.90. The normalized spacial score (nSPS) is 11.7. The van der Waals surface area contributed by atoms with Crippen LogP contribution in [0.15, 0.2) is 35.5 Å². The van der Waals surface area contributed by atoms with Crippen LogP contribution in [0.2, 0.25) is 0 Å². The van der Waals surface area contributed by atoms with Crippen molar-refractivity contribution in [3.8, 4) is 5.69 Å². The zero-order valence-corrected chi connectivity index (χ0v) is 9.16. The van der Waals surface area contributed by atoms with E-state index in [2.05, 4.69) is 5.10 Å². The van der Waals surface area contributed by atoms with Gasteiger partial charge in [0.25, 0.3) is 0 Å². The van der Waals surface area contributed by atoms with Crippen LogP contribution in [0.4, 0.5) is 8.78 Å². The van der Waals surface area contributed by atoms with Crippen LogP contribution in [-0.4, -0.2) is 18.2 Å². The lowest BCUT2D eigenvalue weighted by Crippen LogP contribution is -2.11. The van der Waals surface area contributed by atoms with Gasteiger partial charge in [-0.2, -0.15) is 5.10 Å². The Morgan fingerprint density at radius 1 is 1.29 bits per heavy atom. The van der Waals surface area contributed by atoms with Gasteiger partial charge in [0.2, 0.25) is 10.0 Å². The molecule has 2 aromatic rings. The third-order valence-corrected chi connectivity index (χ3v) is 2.91. The minimum absolute atomic E-state index is 0.0682. The van der Waals surface area contributed by atoms with Crippen LogP contribution < -0.4 is 5.14 Å². The standard InChI is InChI=1S/C9H7F2N3O2S/c10-6-1-2-9(8(11)3-6)14-5-7(4-13-14)17(12,15)16/h1-5H,(H2,12,15,16). The summed E-state index contributed by atoms with van der Waals surface area (Å²) < 4.78 is 49.0. The summed E-state index contributed by atoms with van der Waals surface area (Å²) >= 11 is 0. The monoisotopic (exact) mass is 259 g/mol. The Morgan fingerprint density at radius 3 is 2.53 bits per heavy atom. The third-order valence-electron chi connectivity index (χ3n) is 2.04. The molecule has 0 saturated carbocycles. The molecule has 8 heteroatoms. The van der Waals surface area contributed by atoms with Crippen LogP contribution >= 0.6 is 0 Å². The first kappa shape index (κ1) is 11.7. The molecule has 0 aliphatic heterocycles. The highest BCUT2D eigenvalue weighted by atomic mass is 32.2. The summed E-state index contributed by atoms with van der Waals surface area (Å²) in [6.45, 7) is 0. The average molecular weight is 259 g/mol. The highest BCUT2D eigenvalue weighted by Gasteiger charge is 2.13. The molecule has 0 atom stereocenters. The van der Waals surface area contributed by atoms with Gasteiger partial charge >= 0.3 is 0 Å². The highest BCUT2D eigenvalue weighted by molar-refractivity contribution is 7.89. The molecule has 0 bridgehead atoms. The van der Waals surface area contributed by atoms with Crippen LogP contribution in [0, 0.1) is 11.6 Å². The largest absolute Gasteiger partial charge is 0.241 e. The van der Waals surface area contributed by atoms with Gasteiger partial charge in [-0.25, -0.2) is 27.0 Å². The Morgan fingerprint density at radius 2 is 2.00 bits per heavy atom. The van der Waals surface area contributed by atoms with E-state index in [0.717, 1.165) is 29.2 Å². The number of nitrogens with zero attached hydrogens (tertiary/aromatic N) is 2. The summed E-state index contributed by atoms with van der Waals surface area (Å²) in [7, 11) is -3.89. The van der Waals surface area contributed by atoms with E-state index in [9.17, 15) is 17.2 Å². The molecule has 90 valence electrons. The van der Waals surface area contributed by atoms with Crippen LogP contribution in [0.1, 0.15) is 0 Å². The minimum atomic E-state index is -3.89. The van der Waals surface area contributed by atoms with Crippen molar-refractivity contribution in [1.29, 1.82) is 0 Å². The van der Waals surface area contributed by atoms with Gasteiger partial charge in [-0.15, -0.1) is 0 Å². The van der Waals surface area contributed by atoms with Crippen molar-refractivity contribution in [3.05, 3.63) is 42.2 Å². The van der Waals surface area contributed by atoms with Gasteiger partial charge in [-0.1, -0.05) is 0 Å². The number of benzene rings is 1. The van der Waals surface area contributed by atoms with Crippen LogP contribution in [-0.2, 0) is 10.0 Å². The molecule has 2 N–H and O–H groups in total. The molecule has 0 aliphatic carbocycles. The number of aromatic nitrogens is 2. The summed E-state index contributed by atoms with van der Waals surface area (Å²) in [6, 6.07) is 2.86. The summed E-state index contributed by atoms with van der Waals surface area (Å²) in [5.74, 6) is -1.58. The van der Waals surface area contributed by atoms with Crippen LogP contribution in [0.3, 0.4) is 0 Å². The number of primary sulfonamides is 1. The zero-order valence-electron chi connectivity index (χ0n) is 8.34. The number of sulfonamides is 1. The average Bonchev–Trinajstić information content (AvgIpc) is 2.65. The van der Waals surface area contributed by atoms with Crippen LogP contribution in [0.25, 0.3) is 5.69 Å². The predicted octanol–water partition coefficient (Wildman–Crippen LogP) is 0.798. The summed E-state index contributed by atoms with van der Waals surface area (Å²) in [5.41, 5.74) is -0.0682. The van der Waals surface area contributed by atoms with E-state index >= 15 is 0 Å². The number of rotatable bonds is 2. The summed E-state index contributed by atoms with van der Waals surface area (Å²) in [6.07, 6.45) is 2.03. The van der Waals surface area contributed by atoms with Gasteiger partial charge in [-0.05, 0) is 12.1 Å². The van der Waals surface area contributed by atoms with E-state index < -0.39 is 21.7 Å². The van der Waals surface area contributed by atoms with Crippen molar-refractivity contribution >= 4 is 10.0 Å². The van der Waals surface area contributed by atoms with Crippen molar-refractivity contribution in [2.75, 3.05) is 0 Å². The minimum Gasteiger partial charge on any atom is -0.237 e. The van der Waals surface area contributed by atoms with Gasteiger partial charge < -0.3 is 0 Å². The quantitative estimate of drug-likeness (QED) is 0.866. The molecular formula is C9H7F2N3O2S. The van der Waals surface area contributed by atoms with Crippen LogP contribution in [0.5, 0.6) is 0 Å². The first-order valence-corrected chi connectivity index (χ1v) is 5.95. The van der Waals surface area contributed by atoms with Gasteiger partial charge in [0.1, 0.15) is 16.4 Å². The fraction of sp³-hybridized carbons (Fsp3) is 0. The first-order valence-electron chi connectivity index (χ1n) is 4.41. The van der Waals surface area contributed by atoms with Crippen molar-refractivity contribution in [3.63, 3.8) is 0 Å². The molecule has 5 nitrogen and oxygen atoms in total.